The van der Waals surface area contributed by atoms with Gasteiger partial charge in [-0.25, -0.2) is 4.98 Å². The van der Waals surface area contributed by atoms with Gasteiger partial charge in [-0.1, -0.05) is 12.8 Å². The second kappa shape index (κ2) is 5.44. The Morgan fingerprint density at radius 3 is 2.88 bits per heavy atom. The number of aromatic amines is 1. The van der Waals surface area contributed by atoms with Gasteiger partial charge in [-0.05, 0) is 12.1 Å². The van der Waals surface area contributed by atoms with Gasteiger partial charge in [0.05, 0.1) is 0 Å². The summed E-state index contributed by atoms with van der Waals surface area (Å²) in [5, 5.41) is 6.87. The van der Waals surface area contributed by atoms with Crippen molar-refractivity contribution in [3.63, 3.8) is 0 Å². The lowest BCUT2D eigenvalue weighted by Crippen LogP contribution is -2.13. The molecular formula is C10H11N5OS. The molecule has 2 aromatic rings. The Morgan fingerprint density at radius 2 is 2.18 bits per heavy atom. The molecule has 17 heavy (non-hydrogen) atoms. The van der Waals surface area contributed by atoms with Gasteiger partial charge in [-0.3, -0.25) is 14.9 Å². The van der Waals surface area contributed by atoms with Gasteiger partial charge in [-0.2, -0.15) is 5.10 Å². The second-order valence-corrected chi connectivity index (χ2v) is 3.60. The number of pyridine rings is 1. The average Bonchev–Trinajstić information content (AvgIpc) is 2.86. The first kappa shape index (κ1) is 11.6. The smallest absolute Gasteiger partial charge is 0.230 e. The molecular weight excluding hydrogens is 238 g/mol. The molecule has 2 aromatic heterocycles. The molecule has 0 aliphatic rings. The number of H-pyrrole nitrogens is 1. The fourth-order valence-electron chi connectivity index (χ4n) is 1.33. The number of carbonyl (C=O) groups excluding carboxylic acids is 1. The van der Waals surface area contributed by atoms with Crippen molar-refractivity contribution in [3.05, 3.63) is 30.4 Å². The zero-order valence-corrected chi connectivity index (χ0v) is 9.82. The van der Waals surface area contributed by atoms with Crippen LogP contribution in [0.15, 0.2) is 24.5 Å². The zero-order chi connectivity index (χ0) is 12.1. The molecule has 0 spiro atoms. The standard InChI is InChI=1S/C10H11N5OS/c16-9(15-17)2-1-8-12-10(14-13-8)7-3-5-11-6-4-7/h3-6,17H,1-2H2,(H,15,16)(H,12,13,14). The Hall–Kier alpha value is -1.89. The number of amides is 1. The first-order valence-corrected chi connectivity index (χ1v) is 5.49. The Kier molecular flexibility index (Phi) is 3.71. The minimum absolute atomic E-state index is 0.143. The summed E-state index contributed by atoms with van der Waals surface area (Å²) < 4.78 is 2.26. The highest BCUT2D eigenvalue weighted by Crippen LogP contribution is 2.12. The number of carbonyl (C=O) groups is 1. The maximum Gasteiger partial charge on any atom is 0.230 e. The number of hydrogen-bond donors (Lipinski definition) is 3. The van der Waals surface area contributed by atoms with E-state index in [9.17, 15) is 4.79 Å². The van der Waals surface area contributed by atoms with Gasteiger partial charge in [0, 0.05) is 30.8 Å². The van der Waals surface area contributed by atoms with Crippen molar-refractivity contribution in [1.29, 1.82) is 0 Å². The van der Waals surface area contributed by atoms with E-state index in [0.717, 1.165) is 5.56 Å². The molecule has 1 amide bonds. The molecule has 2 rings (SSSR count). The van der Waals surface area contributed by atoms with E-state index < -0.39 is 0 Å². The summed E-state index contributed by atoms with van der Waals surface area (Å²) in [6, 6.07) is 3.65. The summed E-state index contributed by atoms with van der Waals surface area (Å²) in [6.45, 7) is 0. The second-order valence-electron chi connectivity index (χ2n) is 3.38. The van der Waals surface area contributed by atoms with Crippen LogP contribution in [0, 0.1) is 0 Å². The molecule has 2 heterocycles. The first-order chi connectivity index (χ1) is 8.29. The number of hydrogen-bond acceptors (Lipinski definition) is 5. The lowest BCUT2D eigenvalue weighted by atomic mass is 10.2. The topological polar surface area (TPSA) is 83.6 Å². The molecule has 6 nitrogen and oxygen atoms in total. The van der Waals surface area contributed by atoms with E-state index in [0.29, 0.717) is 24.5 Å². The number of aryl methyl sites for hydroxylation is 1. The number of nitrogens with zero attached hydrogens (tertiary/aromatic N) is 3. The van der Waals surface area contributed by atoms with E-state index in [1.54, 1.807) is 12.4 Å². The van der Waals surface area contributed by atoms with Crippen molar-refractivity contribution in [3.8, 4) is 11.4 Å². The van der Waals surface area contributed by atoms with E-state index in [-0.39, 0.29) is 5.91 Å². The summed E-state index contributed by atoms with van der Waals surface area (Å²) in [4.78, 5) is 19.2. The van der Waals surface area contributed by atoms with E-state index in [1.807, 2.05) is 12.1 Å². The Balaban J connectivity index is 2.04. The van der Waals surface area contributed by atoms with Gasteiger partial charge in [0.2, 0.25) is 5.91 Å². The number of thiol groups is 1. The van der Waals surface area contributed by atoms with Gasteiger partial charge in [0.25, 0.3) is 0 Å². The van der Waals surface area contributed by atoms with Crippen LogP contribution in [0.2, 0.25) is 0 Å². The van der Waals surface area contributed by atoms with Crippen LogP contribution in [0.4, 0.5) is 0 Å². The van der Waals surface area contributed by atoms with Gasteiger partial charge >= 0.3 is 0 Å². The van der Waals surface area contributed by atoms with Crippen LogP contribution in [0.3, 0.4) is 0 Å². The normalized spacial score (nSPS) is 10.2. The third kappa shape index (κ3) is 3.04. The van der Waals surface area contributed by atoms with Crippen molar-refractivity contribution in [2.24, 2.45) is 0 Å². The van der Waals surface area contributed by atoms with Gasteiger partial charge < -0.3 is 4.72 Å². The van der Waals surface area contributed by atoms with Crippen molar-refractivity contribution < 1.29 is 4.79 Å². The molecule has 0 unspecified atom stereocenters. The molecule has 7 heteroatoms. The predicted octanol–water partition coefficient (Wildman–Crippen LogP) is 0.760. The predicted molar refractivity (Wildman–Crippen MR) is 65.1 cm³/mol. The number of nitrogens with one attached hydrogen (secondary N) is 2. The van der Waals surface area contributed by atoms with Gasteiger partial charge in [0.1, 0.15) is 5.82 Å². The van der Waals surface area contributed by atoms with Crippen LogP contribution in [0.5, 0.6) is 0 Å². The summed E-state index contributed by atoms with van der Waals surface area (Å²) in [6.07, 6.45) is 4.19. The first-order valence-electron chi connectivity index (χ1n) is 5.04. The van der Waals surface area contributed by atoms with Crippen molar-refractivity contribution >= 4 is 18.7 Å². The quantitative estimate of drug-likeness (QED) is 0.698. The lowest BCUT2D eigenvalue weighted by Gasteiger charge is -1.95. The minimum atomic E-state index is -0.143. The zero-order valence-electron chi connectivity index (χ0n) is 8.92. The van der Waals surface area contributed by atoms with Crippen molar-refractivity contribution in [2.45, 2.75) is 12.8 Å². The monoisotopic (exact) mass is 249 g/mol. The van der Waals surface area contributed by atoms with Crippen molar-refractivity contribution in [2.75, 3.05) is 0 Å². The average molecular weight is 249 g/mol. The fraction of sp³-hybridized carbons (Fsp3) is 0.200. The highest BCUT2D eigenvalue weighted by Gasteiger charge is 2.07. The molecule has 0 saturated carbocycles. The highest BCUT2D eigenvalue weighted by molar-refractivity contribution is 7.78. The fourth-order valence-corrected chi connectivity index (χ4v) is 1.44. The molecule has 0 atom stereocenters. The van der Waals surface area contributed by atoms with Gasteiger partial charge in [0.15, 0.2) is 5.82 Å². The summed E-state index contributed by atoms with van der Waals surface area (Å²) in [5.41, 5.74) is 0.890. The Bertz CT molecular complexity index is 498. The van der Waals surface area contributed by atoms with E-state index in [1.165, 1.54) is 0 Å². The molecule has 0 aliphatic heterocycles. The number of aromatic nitrogens is 4. The Labute approximate surface area is 103 Å². The maximum absolute atomic E-state index is 11.0. The molecule has 0 radical (unpaired) electrons. The molecule has 2 N–H and O–H groups in total. The highest BCUT2D eigenvalue weighted by atomic mass is 32.1. The summed E-state index contributed by atoms with van der Waals surface area (Å²) in [7, 11) is 0. The van der Waals surface area contributed by atoms with Crippen LogP contribution in [0.1, 0.15) is 12.2 Å². The molecule has 0 saturated heterocycles. The summed E-state index contributed by atoms with van der Waals surface area (Å²) >= 11 is 3.67. The molecule has 0 fully saturated rings. The number of rotatable bonds is 4. The minimum Gasteiger partial charge on any atom is -0.303 e. The maximum atomic E-state index is 11.0. The van der Waals surface area contributed by atoms with Crippen LogP contribution < -0.4 is 4.72 Å². The van der Waals surface area contributed by atoms with Crippen LogP contribution in [0.25, 0.3) is 11.4 Å². The molecule has 88 valence electrons. The van der Waals surface area contributed by atoms with Crippen LogP contribution in [-0.4, -0.2) is 26.1 Å². The third-order valence-corrected chi connectivity index (χ3v) is 2.43. The van der Waals surface area contributed by atoms with E-state index in [4.69, 9.17) is 0 Å². The van der Waals surface area contributed by atoms with Crippen LogP contribution in [-0.2, 0) is 11.2 Å². The third-order valence-electron chi connectivity index (χ3n) is 2.18. The van der Waals surface area contributed by atoms with Crippen LogP contribution >= 0.6 is 12.8 Å². The Morgan fingerprint density at radius 1 is 1.41 bits per heavy atom. The SMILES string of the molecule is O=C(CCc1nc(-c2ccncc2)n[nH]1)NS. The molecule has 0 bridgehead atoms. The van der Waals surface area contributed by atoms with Crippen molar-refractivity contribution in [1.82, 2.24) is 24.9 Å². The molecule has 0 aromatic carbocycles. The van der Waals surface area contributed by atoms with E-state index >= 15 is 0 Å². The molecule has 0 aliphatic carbocycles. The largest absolute Gasteiger partial charge is 0.303 e. The van der Waals surface area contributed by atoms with E-state index in [2.05, 4.69) is 37.7 Å². The lowest BCUT2D eigenvalue weighted by molar-refractivity contribution is -0.119. The summed E-state index contributed by atoms with van der Waals surface area (Å²) in [5.74, 6) is 1.14. The van der Waals surface area contributed by atoms with Gasteiger partial charge in [-0.15, -0.1) is 0 Å².